The van der Waals surface area contributed by atoms with Gasteiger partial charge >= 0.3 is 14.5 Å². The van der Waals surface area contributed by atoms with Gasteiger partial charge in [-0.1, -0.05) is 57.5 Å². The van der Waals surface area contributed by atoms with E-state index in [9.17, 15) is 19.4 Å². The number of amides is 2. The van der Waals surface area contributed by atoms with Crippen LogP contribution in [-0.4, -0.2) is 95.1 Å². The highest BCUT2D eigenvalue weighted by molar-refractivity contribution is 6.84. The number of fused-ring (bicyclic) bond motifs is 4. The van der Waals surface area contributed by atoms with E-state index in [0.29, 0.717) is 46.2 Å². The number of benzene rings is 3. The molecule has 2 amide bonds. The van der Waals surface area contributed by atoms with Gasteiger partial charge in [0, 0.05) is 47.5 Å². The molecule has 16 heteroatoms. The van der Waals surface area contributed by atoms with E-state index in [1.165, 1.54) is 7.41 Å². The van der Waals surface area contributed by atoms with Crippen LogP contribution in [0.25, 0.3) is 0 Å². The number of carbonyl (C=O) groups excluding carboxylic acids is 3. The second kappa shape index (κ2) is 18.5. The number of methoxy groups -OCH3 is 1. The Morgan fingerprint density at radius 3 is 1.94 bits per heavy atom. The molecular weight excluding hydrogens is 862 g/mol. The lowest BCUT2D eigenvalue weighted by Gasteiger charge is -2.45. The Kier molecular flexibility index (Phi) is 13.6. The zero-order valence-electron chi connectivity index (χ0n) is 41.2. The number of carbonyl (C=O) groups is 3. The van der Waals surface area contributed by atoms with Gasteiger partial charge in [0.05, 0.1) is 30.3 Å². The zero-order valence-corrected chi connectivity index (χ0v) is 43.2. The number of hydrogen-bond donors (Lipinski definition) is 1. The van der Waals surface area contributed by atoms with Crippen LogP contribution in [-0.2, 0) is 22.4 Å². The van der Waals surface area contributed by atoms with Crippen molar-refractivity contribution in [1.82, 2.24) is 9.80 Å². The first-order valence-corrected chi connectivity index (χ1v) is 29.3. The highest BCUT2D eigenvalue weighted by Crippen LogP contribution is 2.45. The van der Waals surface area contributed by atoms with E-state index in [2.05, 4.69) is 65.0 Å². The van der Waals surface area contributed by atoms with Gasteiger partial charge in [-0.25, -0.2) is 0 Å². The summed E-state index contributed by atoms with van der Waals surface area (Å²) in [6.07, 6.45) is 5.32. The summed E-state index contributed by atoms with van der Waals surface area (Å²) in [4.78, 5) is 48.1. The van der Waals surface area contributed by atoms with E-state index >= 15 is 0 Å². The molecule has 1 N–H and O–H groups in total. The minimum absolute atomic E-state index is 0.121. The van der Waals surface area contributed by atoms with E-state index in [0.717, 1.165) is 46.0 Å². The molecule has 4 atom stereocenters. The van der Waals surface area contributed by atoms with Crippen LogP contribution in [0.5, 0.6) is 17.2 Å². The van der Waals surface area contributed by atoms with Crippen LogP contribution < -0.4 is 23.8 Å². The molecule has 4 heterocycles. The molecule has 3 aromatic rings. The van der Waals surface area contributed by atoms with E-state index < -0.39 is 29.7 Å². The number of aryl methyl sites for hydroxylation is 1. The Hall–Kier alpha value is -5.21. The van der Waals surface area contributed by atoms with Crippen LogP contribution in [0.4, 0.5) is 11.4 Å². The molecule has 0 bridgehead atoms. The number of hydrogen-bond acceptors (Lipinski definition) is 10. The Morgan fingerprint density at radius 1 is 0.818 bits per heavy atom. The molecule has 0 fully saturated rings. The van der Waals surface area contributed by atoms with Gasteiger partial charge in [-0.3, -0.25) is 9.59 Å². The highest BCUT2D eigenvalue weighted by Gasteiger charge is 2.48. The van der Waals surface area contributed by atoms with Gasteiger partial charge in [-0.2, -0.15) is 0 Å². The van der Waals surface area contributed by atoms with Crippen molar-refractivity contribution in [2.75, 3.05) is 16.7 Å². The first kappa shape index (κ1) is 48.7. The van der Waals surface area contributed by atoms with Gasteiger partial charge in [-0.05, 0) is 113 Å². The molecule has 0 aromatic heterocycles. The number of anilines is 2. The van der Waals surface area contributed by atoms with Crippen LogP contribution >= 0.6 is 0 Å². The molecule has 347 valence electrons. The van der Waals surface area contributed by atoms with Crippen LogP contribution in [0.2, 0.25) is 44.6 Å². The topological polar surface area (TPSA) is 121 Å². The highest BCUT2D eigenvalue weighted by atomic mass is 28.4. The van der Waals surface area contributed by atoms with Gasteiger partial charge in [0.2, 0.25) is 0 Å². The summed E-state index contributed by atoms with van der Waals surface area (Å²) >= 11 is 0. The summed E-state index contributed by atoms with van der Waals surface area (Å²) in [6.45, 7) is 27.6. The zero-order chi connectivity index (χ0) is 48.2. The Balaban J connectivity index is 1.22. The smallest absolute Gasteiger partial charge is 0.409 e. The molecule has 0 spiro atoms. The third-order valence-electron chi connectivity index (χ3n) is 13.4. The number of nitrogens with zero attached hydrogens (tertiary/aromatic N) is 4. The van der Waals surface area contributed by atoms with Crippen molar-refractivity contribution in [3.63, 3.8) is 0 Å². The predicted octanol–water partition coefficient (Wildman–Crippen LogP) is 8.92. The third kappa shape index (κ3) is 9.77. The maximum absolute atomic E-state index is 14.4. The van der Waals surface area contributed by atoms with Gasteiger partial charge in [0.25, 0.3) is 11.8 Å². The fraction of sp³-hybridized carbons (Fsp3) is 0.460. The Bertz CT molecular complexity index is 2560. The molecule has 0 saturated heterocycles. The molecule has 3 aromatic carbocycles. The van der Waals surface area contributed by atoms with Crippen molar-refractivity contribution < 1.29 is 38.0 Å². The van der Waals surface area contributed by atoms with Crippen molar-refractivity contribution in [3.05, 3.63) is 99.4 Å². The summed E-state index contributed by atoms with van der Waals surface area (Å²) in [7, 11) is -2.00. The minimum atomic E-state index is -2.41. The van der Waals surface area contributed by atoms with Crippen molar-refractivity contribution in [3.8, 4) is 28.7 Å². The minimum Gasteiger partial charge on any atom is -0.493 e. The van der Waals surface area contributed by atoms with E-state index in [1.54, 1.807) is 35.9 Å². The normalized spacial score (nSPS) is 20.5. The van der Waals surface area contributed by atoms with Crippen molar-refractivity contribution >= 4 is 60.2 Å². The fourth-order valence-corrected chi connectivity index (χ4v) is 10.8. The maximum atomic E-state index is 14.4. The van der Waals surface area contributed by atoms with Crippen LogP contribution in [0, 0.1) is 18.4 Å². The van der Waals surface area contributed by atoms with Crippen LogP contribution in [0.1, 0.15) is 97.4 Å². The van der Waals surface area contributed by atoms with Gasteiger partial charge in [0.1, 0.15) is 39.5 Å². The molecule has 66 heavy (non-hydrogen) atoms. The van der Waals surface area contributed by atoms with Gasteiger partial charge in [0.15, 0.2) is 19.8 Å². The lowest BCUT2D eigenvalue weighted by atomic mass is 9.80. The van der Waals surface area contributed by atoms with Crippen LogP contribution in [0.3, 0.4) is 0 Å². The lowest BCUT2D eigenvalue weighted by molar-refractivity contribution is 0.0638. The summed E-state index contributed by atoms with van der Waals surface area (Å²) in [6, 6.07) is 12.6. The molecular formula is C50H65B2N4O8Si2. The first-order valence-electron chi connectivity index (χ1n) is 22.9. The molecule has 1 radical (unpaired) electrons. The van der Waals surface area contributed by atoms with E-state index in [4.69, 9.17) is 18.6 Å². The molecule has 0 saturated carbocycles. The fourth-order valence-electron chi connectivity index (χ4n) is 9.09. The van der Waals surface area contributed by atoms with Crippen molar-refractivity contribution in [2.24, 2.45) is 0 Å². The quantitative estimate of drug-likeness (QED) is 0.107. The Morgan fingerprint density at radius 2 is 1.38 bits per heavy atom. The molecule has 0 unspecified atom stereocenters. The number of ether oxygens (including phenoxy) is 3. The second-order valence-electron chi connectivity index (χ2n) is 20.9. The average Bonchev–Trinajstić information content (AvgIpc) is 3.80. The Labute approximate surface area is 394 Å². The third-order valence-corrected chi connectivity index (χ3v) is 18.7. The SMILES string of the molecule is COc1cc2c(cc1OCc1cc(C#C[Si](C)(C)C)cc(COc3cc4c(cc3C)C(=O)N3C=C(C)C[C@H]3[C@H](O[Si](C)(C)C(C)(C)C)N4[B]C=O)c1)N(B(C)O)[C@@H](C)[C@@H]1CC(C)=CN1C2=O. The van der Waals surface area contributed by atoms with E-state index in [-0.39, 0.29) is 48.2 Å². The van der Waals surface area contributed by atoms with Crippen molar-refractivity contribution in [2.45, 2.75) is 143 Å². The average molecular weight is 928 g/mol. The largest absolute Gasteiger partial charge is 0.493 e. The predicted molar refractivity (Wildman–Crippen MR) is 269 cm³/mol. The summed E-state index contributed by atoms with van der Waals surface area (Å²) < 4.78 is 26.1. The number of rotatable bonds is 12. The van der Waals surface area contributed by atoms with Gasteiger partial charge < -0.3 is 47.9 Å². The second-order valence-corrected chi connectivity index (χ2v) is 30.4. The maximum Gasteiger partial charge on any atom is 0.409 e. The van der Waals surface area contributed by atoms with E-state index in [1.807, 2.05) is 80.0 Å². The molecule has 4 aliphatic rings. The van der Waals surface area contributed by atoms with Crippen LogP contribution in [0.15, 0.2) is 66.0 Å². The summed E-state index contributed by atoms with van der Waals surface area (Å²) in [5.41, 5.74) is 11.0. The molecule has 4 aliphatic heterocycles. The molecule has 0 aliphatic carbocycles. The lowest BCUT2D eigenvalue weighted by Crippen LogP contribution is -2.57. The molecule has 12 nitrogen and oxygen atoms in total. The van der Waals surface area contributed by atoms with Gasteiger partial charge in [-0.15, -0.1) is 5.54 Å². The monoisotopic (exact) mass is 927 g/mol. The summed E-state index contributed by atoms with van der Waals surface area (Å²) in [5.74, 6) is 4.51. The summed E-state index contributed by atoms with van der Waals surface area (Å²) in [5, 5.41) is 11.0. The van der Waals surface area contributed by atoms with Crippen molar-refractivity contribution in [1.29, 1.82) is 0 Å². The first-order chi connectivity index (χ1) is 30.9. The standard InChI is InChI=1S/C50H65B2N4O8Si2/c1-31-17-40-34(4)56(52(8)60)42-25-46(45(61-9)23-39(42)48(59)53(40)26-31)63-29-37-21-35(15-16-65(10,11)12)20-36(22-37)28-62-44-24-41-38(19-33(44)3)47(58)54-27-32(2)18-43(54)49(55(41)51-30-57)64-66(13,14)50(5,6)7/h19-27,30,34,40,43,49,60H,17-18,28-29H2,1-14H3/t34-,40-,43-,49-/m0/s1. The molecule has 7 rings (SSSR count).